The summed E-state index contributed by atoms with van der Waals surface area (Å²) in [6, 6.07) is 0. The van der Waals surface area contributed by atoms with Crippen molar-refractivity contribution in [3.05, 3.63) is 25.1 Å². The molecule has 0 bridgehead atoms. The van der Waals surface area contributed by atoms with Gasteiger partial charge in [0.25, 0.3) is 0 Å². The molecule has 2 nitrogen and oxygen atoms in total. The first-order valence-corrected chi connectivity index (χ1v) is 4.58. The van der Waals surface area contributed by atoms with E-state index >= 15 is 0 Å². The molecule has 12 heavy (non-hydrogen) atoms. The summed E-state index contributed by atoms with van der Waals surface area (Å²) in [5.41, 5.74) is 5.30. The summed E-state index contributed by atoms with van der Waals surface area (Å²) in [4.78, 5) is 2.21. The molecule has 0 fully saturated rings. The Hall–Kier alpha value is -0.920. The summed E-state index contributed by atoms with van der Waals surface area (Å²) >= 11 is 0. The number of nitrogens with two attached hydrogens (primary N) is 1. The van der Waals surface area contributed by atoms with Crippen molar-refractivity contribution in [3.63, 3.8) is 0 Å². The highest BCUT2D eigenvalue weighted by atomic mass is 15.1. The second kappa shape index (κ2) is 8.18. The molecule has 0 aliphatic carbocycles. The number of allylic oxidation sites excluding steroid dienone is 1. The van der Waals surface area contributed by atoms with E-state index in [2.05, 4.69) is 18.4 Å². The van der Waals surface area contributed by atoms with E-state index in [1.165, 1.54) is 12.8 Å². The topological polar surface area (TPSA) is 29.3 Å². The lowest BCUT2D eigenvalue weighted by Crippen LogP contribution is -2.18. The molecular formula is C10H20N2. The van der Waals surface area contributed by atoms with Gasteiger partial charge in [-0.25, -0.2) is 0 Å². The minimum absolute atomic E-state index is 1.03. The first-order chi connectivity index (χ1) is 5.85. The van der Waals surface area contributed by atoms with Crippen LogP contribution in [-0.2, 0) is 0 Å². The molecule has 0 saturated heterocycles. The molecule has 70 valence electrons. The van der Waals surface area contributed by atoms with Crippen molar-refractivity contribution >= 4 is 0 Å². The van der Waals surface area contributed by atoms with Crippen molar-refractivity contribution in [1.29, 1.82) is 0 Å². The largest absolute Gasteiger partial charge is 0.403 e. The predicted molar refractivity (Wildman–Crippen MR) is 54.6 cm³/mol. The summed E-state index contributed by atoms with van der Waals surface area (Å²) in [5, 5.41) is 0. The van der Waals surface area contributed by atoms with Crippen LogP contribution in [0.15, 0.2) is 25.1 Å². The molecule has 0 saturated carbocycles. The Morgan fingerprint density at radius 3 is 2.67 bits per heavy atom. The van der Waals surface area contributed by atoms with Gasteiger partial charge < -0.3 is 10.6 Å². The van der Waals surface area contributed by atoms with Crippen molar-refractivity contribution in [1.82, 2.24) is 4.90 Å². The van der Waals surface area contributed by atoms with Crippen LogP contribution < -0.4 is 5.73 Å². The highest BCUT2D eigenvalue weighted by molar-refractivity contribution is 4.76. The fourth-order valence-corrected chi connectivity index (χ4v) is 1.06. The van der Waals surface area contributed by atoms with Crippen LogP contribution in [0, 0.1) is 0 Å². The fourth-order valence-electron chi connectivity index (χ4n) is 1.06. The molecule has 0 rings (SSSR count). The van der Waals surface area contributed by atoms with Crippen LogP contribution in [0.25, 0.3) is 0 Å². The summed E-state index contributed by atoms with van der Waals surface area (Å²) in [6.45, 7) is 7.94. The Bertz CT molecular complexity index is 130. The van der Waals surface area contributed by atoms with E-state index in [-0.39, 0.29) is 0 Å². The Morgan fingerprint density at radius 1 is 1.42 bits per heavy atom. The van der Waals surface area contributed by atoms with Gasteiger partial charge in [-0.05, 0) is 26.2 Å². The van der Waals surface area contributed by atoms with Crippen LogP contribution >= 0.6 is 0 Å². The maximum Gasteiger partial charge on any atom is 0.0172 e. The number of rotatable bonds is 7. The van der Waals surface area contributed by atoms with E-state index in [1.54, 1.807) is 6.20 Å². The van der Waals surface area contributed by atoms with Gasteiger partial charge in [0.15, 0.2) is 0 Å². The van der Waals surface area contributed by atoms with Gasteiger partial charge in [0.1, 0.15) is 0 Å². The third kappa shape index (κ3) is 5.83. The average molecular weight is 168 g/mol. The Balaban J connectivity index is 3.37. The molecule has 0 aromatic rings. The number of hydrogen-bond acceptors (Lipinski definition) is 2. The molecule has 0 aromatic heterocycles. The zero-order valence-electron chi connectivity index (χ0n) is 8.00. The van der Waals surface area contributed by atoms with Gasteiger partial charge in [0.05, 0.1) is 0 Å². The molecule has 0 unspecified atom stereocenters. The first kappa shape index (κ1) is 11.1. The van der Waals surface area contributed by atoms with E-state index in [4.69, 9.17) is 5.73 Å². The third-order valence-electron chi connectivity index (χ3n) is 1.81. The first-order valence-electron chi connectivity index (χ1n) is 4.58. The summed E-state index contributed by atoms with van der Waals surface area (Å²) in [5.74, 6) is 0. The van der Waals surface area contributed by atoms with Gasteiger partial charge in [0, 0.05) is 25.5 Å². The van der Waals surface area contributed by atoms with Crippen molar-refractivity contribution in [2.75, 3.05) is 13.1 Å². The molecule has 0 spiro atoms. The molecule has 2 heteroatoms. The third-order valence-corrected chi connectivity index (χ3v) is 1.81. The number of nitrogens with zero attached hydrogens (tertiary/aromatic N) is 1. The minimum atomic E-state index is 1.03. The Labute approximate surface area is 75.7 Å². The summed E-state index contributed by atoms with van der Waals surface area (Å²) in [7, 11) is 0. The highest BCUT2D eigenvalue weighted by Crippen LogP contribution is 1.99. The predicted octanol–water partition coefficient (Wildman–Crippen LogP) is 2.09. The fraction of sp³-hybridized carbons (Fsp3) is 0.600. The van der Waals surface area contributed by atoms with Crippen molar-refractivity contribution in [3.8, 4) is 0 Å². The average Bonchev–Trinajstić information content (AvgIpc) is 2.10. The second-order valence-corrected chi connectivity index (χ2v) is 2.75. The van der Waals surface area contributed by atoms with Crippen molar-refractivity contribution in [2.45, 2.75) is 26.2 Å². The smallest absolute Gasteiger partial charge is 0.0172 e. The van der Waals surface area contributed by atoms with E-state index in [1.807, 2.05) is 12.3 Å². The SMILES string of the molecule is C=CCCCCN(/C=C\N)CC. The quantitative estimate of drug-likeness (QED) is 0.466. The molecule has 0 heterocycles. The van der Waals surface area contributed by atoms with Gasteiger partial charge in [-0.15, -0.1) is 6.58 Å². The van der Waals surface area contributed by atoms with Crippen molar-refractivity contribution in [2.24, 2.45) is 5.73 Å². The number of hydrogen-bond donors (Lipinski definition) is 1. The lowest BCUT2D eigenvalue weighted by Gasteiger charge is -2.16. The maximum atomic E-state index is 5.30. The van der Waals surface area contributed by atoms with Gasteiger partial charge in [-0.2, -0.15) is 0 Å². The molecule has 0 aromatic carbocycles. The highest BCUT2D eigenvalue weighted by Gasteiger charge is 1.93. The lowest BCUT2D eigenvalue weighted by molar-refractivity contribution is 0.383. The molecule has 0 radical (unpaired) electrons. The monoisotopic (exact) mass is 168 g/mol. The maximum absolute atomic E-state index is 5.30. The molecule has 0 atom stereocenters. The minimum Gasteiger partial charge on any atom is -0.403 e. The van der Waals surface area contributed by atoms with E-state index in [9.17, 15) is 0 Å². The lowest BCUT2D eigenvalue weighted by atomic mass is 10.2. The molecule has 0 aliphatic rings. The molecule has 0 aliphatic heterocycles. The standard InChI is InChI=1S/C10H20N2/c1-3-5-6-7-9-12(4-2)10-8-11/h3,8,10H,1,4-7,9,11H2,2H3/b10-8-. The van der Waals surface area contributed by atoms with Crippen LogP contribution in [0.4, 0.5) is 0 Å². The van der Waals surface area contributed by atoms with Crippen LogP contribution in [0.2, 0.25) is 0 Å². The van der Waals surface area contributed by atoms with E-state index < -0.39 is 0 Å². The molecule has 2 N–H and O–H groups in total. The zero-order chi connectivity index (χ0) is 9.23. The van der Waals surface area contributed by atoms with Gasteiger partial charge >= 0.3 is 0 Å². The zero-order valence-corrected chi connectivity index (χ0v) is 8.00. The normalized spacial score (nSPS) is 10.4. The molecular weight excluding hydrogens is 148 g/mol. The van der Waals surface area contributed by atoms with Crippen LogP contribution in [0.5, 0.6) is 0 Å². The number of unbranched alkanes of at least 4 members (excludes halogenated alkanes) is 2. The summed E-state index contributed by atoms with van der Waals surface area (Å²) < 4.78 is 0. The van der Waals surface area contributed by atoms with Crippen LogP contribution in [0.1, 0.15) is 26.2 Å². The summed E-state index contributed by atoms with van der Waals surface area (Å²) in [6.07, 6.45) is 9.05. The second-order valence-electron chi connectivity index (χ2n) is 2.75. The van der Waals surface area contributed by atoms with Gasteiger partial charge in [-0.3, -0.25) is 0 Å². The van der Waals surface area contributed by atoms with Crippen molar-refractivity contribution < 1.29 is 0 Å². The van der Waals surface area contributed by atoms with E-state index in [0.717, 1.165) is 19.5 Å². The van der Waals surface area contributed by atoms with Gasteiger partial charge in [0.2, 0.25) is 0 Å². The van der Waals surface area contributed by atoms with Gasteiger partial charge in [-0.1, -0.05) is 6.08 Å². The molecule has 0 amide bonds. The van der Waals surface area contributed by atoms with Crippen LogP contribution in [-0.4, -0.2) is 18.0 Å². The van der Waals surface area contributed by atoms with E-state index in [0.29, 0.717) is 0 Å². The Morgan fingerprint density at radius 2 is 2.17 bits per heavy atom. The van der Waals surface area contributed by atoms with Crippen LogP contribution in [0.3, 0.4) is 0 Å². The Kier molecular flexibility index (Phi) is 7.55.